The number of carboxylic acids is 1. The largest absolute Gasteiger partial charge is 0.480 e. The molecule has 0 radical (unpaired) electrons. The summed E-state index contributed by atoms with van der Waals surface area (Å²) in [5.41, 5.74) is 3.23. The highest BCUT2D eigenvalue weighted by Gasteiger charge is 2.46. The predicted octanol–water partition coefficient (Wildman–Crippen LogP) is 4.16. The molecule has 0 heterocycles. The van der Waals surface area contributed by atoms with Crippen LogP contribution in [0.1, 0.15) is 57.1 Å². The second-order valence-electron chi connectivity index (χ2n) is 9.09. The number of hydrogen-bond donors (Lipinski definition) is 2. The fraction of sp³-hybridized carbons (Fsp3) is 0.423. The molecule has 2 aromatic rings. The van der Waals surface area contributed by atoms with Gasteiger partial charge in [-0.05, 0) is 55.4 Å². The van der Waals surface area contributed by atoms with Crippen molar-refractivity contribution in [2.75, 3.05) is 6.61 Å². The molecule has 174 valence electrons. The smallest absolute Gasteiger partial charge is 0.408 e. The van der Waals surface area contributed by atoms with Gasteiger partial charge in [-0.15, -0.1) is 0 Å². The average molecular weight is 451 g/mol. The Hall–Kier alpha value is -3.35. The van der Waals surface area contributed by atoms with Crippen LogP contribution >= 0.6 is 0 Å². The lowest BCUT2D eigenvalue weighted by atomic mass is 9.96. The average Bonchev–Trinajstić information content (AvgIpc) is 3.59. The van der Waals surface area contributed by atoms with Crippen molar-refractivity contribution in [1.82, 2.24) is 10.2 Å². The highest BCUT2D eigenvalue weighted by molar-refractivity contribution is 5.92. The van der Waals surface area contributed by atoms with Crippen molar-refractivity contribution in [2.45, 2.75) is 63.6 Å². The Morgan fingerprint density at radius 1 is 1.09 bits per heavy atom. The lowest BCUT2D eigenvalue weighted by Gasteiger charge is -2.36. The summed E-state index contributed by atoms with van der Waals surface area (Å²) < 4.78 is 5.61. The molecule has 2 aliphatic rings. The van der Waals surface area contributed by atoms with Crippen LogP contribution in [0.3, 0.4) is 0 Å². The molecule has 2 amide bonds. The van der Waals surface area contributed by atoms with E-state index < -0.39 is 29.6 Å². The van der Waals surface area contributed by atoms with Crippen molar-refractivity contribution in [3.63, 3.8) is 0 Å². The monoisotopic (exact) mass is 450 g/mol. The zero-order valence-electron chi connectivity index (χ0n) is 19.2. The van der Waals surface area contributed by atoms with Crippen molar-refractivity contribution >= 4 is 18.0 Å². The normalized spacial score (nSPS) is 17.3. The van der Waals surface area contributed by atoms with Crippen LogP contribution in [0.2, 0.25) is 0 Å². The Balaban J connectivity index is 1.47. The van der Waals surface area contributed by atoms with Gasteiger partial charge in [0.2, 0.25) is 5.91 Å². The number of ether oxygens (including phenoxy) is 1. The van der Waals surface area contributed by atoms with Gasteiger partial charge in [0.1, 0.15) is 18.2 Å². The Morgan fingerprint density at radius 3 is 2.12 bits per heavy atom. The molecule has 0 aromatic heterocycles. The third-order valence-electron chi connectivity index (χ3n) is 6.85. The van der Waals surface area contributed by atoms with Crippen molar-refractivity contribution < 1.29 is 24.2 Å². The van der Waals surface area contributed by atoms with Gasteiger partial charge >= 0.3 is 12.1 Å². The first-order valence-corrected chi connectivity index (χ1v) is 11.5. The lowest BCUT2D eigenvalue weighted by Crippen LogP contribution is -2.60. The molecule has 7 heteroatoms. The molecule has 2 aliphatic carbocycles. The summed E-state index contributed by atoms with van der Waals surface area (Å²) in [4.78, 5) is 39.1. The highest BCUT2D eigenvalue weighted by Crippen LogP contribution is 2.44. The fourth-order valence-corrected chi connectivity index (χ4v) is 4.57. The Labute approximate surface area is 193 Å². The lowest BCUT2D eigenvalue weighted by molar-refractivity contribution is -0.152. The quantitative estimate of drug-likeness (QED) is 0.630. The van der Waals surface area contributed by atoms with E-state index in [4.69, 9.17) is 4.74 Å². The number of benzene rings is 2. The van der Waals surface area contributed by atoms with E-state index >= 15 is 0 Å². The summed E-state index contributed by atoms with van der Waals surface area (Å²) in [7, 11) is 0. The maximum Gasteiger partial charge on any atom is 0.408 e. The number of nitrogens with zero attached hydrogens (tertiary/aromatic N) is 1. The number of fused-ring (bicyclic) bond motifs is 3. The summed E-state index contributed by atoms with van der Waals surface area (Å²) in [5.74, 6) is -1.53. The maximum atomic E-state index is 13.3. The first kappa shape index (κ1) is 22.8. The SMILES string of the molecule is CCC(C)(NC(=O)OCC1c2ccccc2-c2ccccc21)C(=O)N(C1CC1)C(C)C(=O)O. The molecule has 2 atom stereocenters. The predicted molar refractivity (Wildman–Crippen MR) is 124 cm³/mol. The van der Waals surface area contributed by atoms with E-state index in [2.05, 4.69) is 17.4 Å². The number of rotatable bonds is 8. The summed E-state index contributed by atoms with van der Waals surface area (Å²) in [6.07, 6.45) is 1.17. The third-order valence-corrected chi connectivity index (χ3v) is 6.85. The topological polar surface area (TPSA) is 95.9 Å². The standard InChI is InChI=1S/C26H30N2O5/c1-4-26(3,24(31)28(17-13-14-17)16(2)23(29)30)27-25(32)33-15-22-20-11-7-5-9-18(20)19-10-6-8-12-21(19)22/h5-12,16-17,22H,4,13-15H2,1-3H3,(H,27,32)(H,29,30). The molecule has 0 aliphatic heterocycles. The Kier molecular flexibility index (Phi) is 6.15. The molecule has 2 N–H and O–H groups in total. The maximum absolute atomic E-state index is 13.3. The van der Waals surface area contributed by atoms with Crippen LogP contribution in [0.15, 0.2) is 48.5 Å². The number of carboxylic acid groups (broad SMARTS) is 1. The summed E-state index contributed by atoms with van der Waals surface area (Å²) in [5, 5.41) is 12.2. The van der Waals surface area contributed by atoms with E-state index in [-0.39, 0.29) is 18.6 Å². The third kappa shape index (κ3) is 4.32. The zero-order chi connectivity index (χ0) is 23.8. The van der Waals surface area contributed by atoms with Crippen LogP contribution in [-0.2, 0) is 14.3 Å². The molecule has 1 fully saturated rings. The van der Waals surface area contributed by atoms with Crippen molar-refractivity contribution in [3.05, 3.63) is 59.7 Å². The number of hydrogen-bond acceptors (Lipinski definition) is 4. The zero-order valence-corrected chi connectivity index (χ0v) is 19.2. The van der Waals surface area contributed by atoms with E-state index in [0.29, 0.717) is 6.42 Å². The number of carbonyl (C=O) groups excluding carboxylic acids is 2. The van der Waals surface area contributed by atoms with Crippen LogP contribution in [0.25, 0.3) is 11.1 Å². The summed E-state index contributed by atoms with van der Waals surface area (Å²) >= 11 is 0. The Bertz CT molecular complexity index is 1030. The molecule has 4 rings (SSSR count). The molecule has 0 spiro atoms. The molecule has 1 saturated carbocycles. The Morgan fingerprint density at radius 2 is 1.64 bits per heavy atom. The second-order valence-corrected chi connectivity index (χ2v) is 9.09. The van der Waals surface area contributed by atoms with Crippen molar-refractivity contribution in [3.8, 4) is 11.1 Å². The molecule has 33 heavy (non-hydrogen) atoms. The van der Waals surface area contributed by atoms with E-state index in [1.165, 1.54) is 11.8 Å². The number of carbonyl (C=O) groups is 3. The molecule has 0 saturated heterocycles. The highest BCUT2D eigenvalue weighted by atomic mass is 16.5. The second kappa shape index (κ2) is 8.89. The minimum atomic E-state index is -1.26. The van der Waals surface area contributed by atoms with Gasteiger partial charge in [0, 0.05) is 12.0 Å². The van der Waals surface area contributed by atoms with Crippen molar-refractivity contribution in [2.24, 2.45) is 0 Å². The van der Waals surface area contributed by atoms with Gasteiger partial charge in [-0.1, -0.05) is 55.5 Å². The van der Waals surface area contributed by atoms with Gasteiger partial charge < -0.3 is 20.1 Å². The van der Waals surface area contributed by atoms with Gasteiger partial charge in [0.25, 0.3) is 0 Å². The molecule has 2 unspecified atom stereocenters. The summed E-state index contributed by atoms with van der Waals surface area (Å²) in [6, 6.07) is 15.1. The first-order valence-electron chi connectivity index (χ1n) is 11.5. The van der Waals surface area contributed by atoms with Gasteiger partial charge in [-0.3, -0.25) is 4.79 Å². The van der Waals surface area contributed by atoms with Crippen LogP contribution in [0.4, 0.5) is 4.79 Å². The van der Waals surface area contributed by atoms with Crippen LogP contribution in [0.5, 0.6) is 0 Å². The molecule has 7 nitrogen and oxygen atoms in total. The van der Waals surface area contributed by atoms with Gasteiger partial charge in [-0.25, -0.2) is 9.59 Å². The van der Waals surface area contributed by atoms with Crippen LogP contribution < -0.4 is 5.32 Å². The minimum Gasteiger partial charge on any atom is -0.480 e. The number of nitrogens with one attached hydrogen (secondary N) is 1. The van der Waals surface area contributed by atoms with Crippen LogP contribution in [0, 0.1) is 0 Å². The molecular weight excluding hydrogens is 420 g/mol. The number of amides is 2. The molecule has 0 bridgehead atoms. The van der Waals surface area contributed by atoms with Gasteiger partial charge in [0.05, 0.1) is 0 Å². The number of alkyl carbamates (subject to hydrolysis) is 1. The molecular formula is C26H30N2O5. The fourth-order valence-electron chi connectivity index (χ4n) is 4.57. The summed E-state index contributed by atoms with van der Waals surface area (Å²) in [6.45, 7) is 5.06. The number of aliphatic carboxylic acids is 1. The van der Waals surface area contributed by atoms with Crippen molar-refractivity contribution in [1.29, 1.82) is 0 Å². The minimum absolute atomic E-state index is 0.0817. The first-order chi connectivity index (χ1) is 15.8. The molecule has 2 aromatic carbocycles. The van der Waals surface area contributed by atoms with Gasteiger partial charge in [-0.2, -0.15) is 0 Å². The van der Waals surface area contributed by atoms with E-state index in [1.54, 1.807) is 13.8 Å². The van der Waals surface area contributed by atoms with E-state index in [0.717, 1.165) is 35.1 Å². The van der Waals surface area contributed by atoms with Gasteiger partial charge in [0.15, 0.2) is 0 Å². The van der Waals surface area contributed by atoms with Crippen LogP contribution in [-0.4, -0.2) is 52.2 Å². The van der Waals surface area contributed by atoms with E-state index in [9.17, 15) is 19.5 Å². The van der Waals surface area contributed by atoms with E-state index in [1.807, 2.05) is 36.4 Å².